The van der Waals surface area contributed by atoms with Gasteiger partial charge >= 0.3 is 11.5 Å². The second kappa shape index (κ2) is 27.9. The van der Waals surface area contributed by atoms with Crippen LogP contribution in [0.4, 0.5) is 28.4 Å². The first-order chi connectivity index (χ1) is 29.0. The Balaban J connectivity index is 0.000000379. The first-order valence-electron chi connectivity index (χ1n) is 17.3. The van der Waals surface area contributed by atoms with Crippen LogP contribution < -0.4 is 63.0 Å². The highest BCUT2D eigenvalue weighted by Gasteiger charge is 2.04. The zero-order chi connectivity index (χ0) is 44.3. The van der Waals surface area contributed by atoms with Gasteiger partial charge in [-0.15, -0.1) is 0 Å². The van der Waals surface area contributed by atoms with Crippen LogP contribution in [0, 0.1) is 22.7 Å². The molecule has 0 aliphatic carbocycles. The third-order valence-corrected chi connectivity index (χ3v) is 7.32. The molecule has 20 nitrogen and oxygen atoms in total. The van der Waals surface area contributed by atoms with E-state index in [0.29, 0.717) is 39.7 Å². The monoisotopic (exact) mass is 852 g/mol. The average Bonchev–Trinajstić information content (AvgIpc) is 3.95. The van der Waals surface area contributed by atoms with E-state index in [1.807, 2.05) is 75.7 Å². The molecule has 5 aromatic carbocycles. The fraction of sp³-hybridized carbons (Fsp3) is 0.0750. The number of hydrogen-bond donors (Lipinski definition) is 11. The minimum absolute atomic E-state index is 0. The van der Waals surface area contributed by atoms with E-state index in [4.69, 9.17) is 38.1 Å². The molecule has 2 aromatic heterocycles. The molecule has 0 unspecified atom stereocenters. The predicted octanol–water partition coefficient (Wildman–Crippen LogP) is 0.868. The van der Waals surface area contributed by atoms with Crippen LogP contribution in [0.25, 0.3) is 22.8 Å². The van der Waals surface area contributed by atoms with Crippen LogP contribution in [0.2, 0.25) is 0 Å². The number of quaternary nitrogens is 1. The molecular weight excluding hydrogens is 808 g/mol. The van der Waals surface area contributed by atoms with Gasteiger partial charge in [0.2, 0.25) is 0 Å². The number of nitriles is 2. The lowest BCUT2D eigenvalue weighted by Gasteiger charge is -2.02. The minimum atomic E-state index is -0.572. The van der Waals surface area contributed by atoms with Gasteiger partial charge in [0.05, 0.1) is 23.3 Å². The van der Waals surface area contributed by atoms with E-state index in [9.17, 15) is 9.59 Å². The summed E-state index contributed by atoms with van der Waals surface area (Å²) < 4.78 is 8.77. The molecule has 0 spiro atoms. The Morgan fingerprint density at radius 2 is 1.07 bits per heavy atom. The zero-order valence-corrected chi connectivity index (χ0v) is 33.9. The molecule has 61 heavy (non-hydrogen) atoms. The molecule has 16 N–H and O–H groups in total. The number of nitrogens with one attached hydrogen (secondary N) is 5. The number of halogens is 1. The van der Waals surface area contributed by atoms with E-state index in [1.165, 1.54) is 0 Å². The fourth-order valence-electron chi connectivity index (χ4n) is 4.46. The lowest BCUT2D eigenvalue weighted by atomic mass is 10.2. The Morgan fingerprint density at radius 1 is 0.656 bits per heavy atom. The number of anilines is 5. The maximum atomic E-state index is 10.7. The number of hydrogen-bond acceptors (Lipinski definition) is 16. The van der Waals surface area contributed by atoms with Crippen molar-refractivity contribution in [3.63, 3.8) is 0 Å². The normalized spacial score (nSPS) is 9.39. The third kappa shape index (κ3) is 18.1. The minimum Gasteiger partial charge on any atom is -1.00 e. The number of aromatic amines is 2. The number of amidine groups is 1. The van der Waals surface area contributed by atoms with Crippen molar-refractivity contribution in [1.82, 2.24) is 20.3 Å². The molecular formula is C40H45ClN14O6. The molecule has 0 fully saturated rings. The van der Waals surface area contributed by atoms with Gasteiger partial charge in [-0.1, -0.05) is 64.0 Å². The molecule has 7 rings (SSSR count). The predicted molar refractivity (Wildman–Crippen MR) is 229 cm³/mol. The van der Waals surface area contributed by atoms with Crippen molar-refractivity contribution in [1.29, 1.82) is 10.5 Å². The Labute approximate surface area is 355 Å². The maximum absolute atomic E-state index is 10.7. The Hall–Kier alpha value is -8.56. The highest BCUT2D eigenvalue weighted by atomic mass is 35.5. The maximum Gasteiger partial charge on any atom is 0.439 e. The Kier molecular flexibility index (Phi) is 23.1. The van der Waals surface area contributed by atoms with Crippen molar-refractivity contribution in [2.75, 3.05) is 48.6 Å². The van der Waals surface area contributed by atoms with E-state index in [1.54, 1.807) is 72.8 Å². The second-order valence-corrected chi connectivity index (χ2v) is 11.3. The number of oxime groups is 1. The van der Waals surface area contributed by atoms with Gasteiger partial charge in [-0.2, -0.15) is 10.5 Å². The summed E-state index contributed by atoms with van der Waals surface area (Å²) in [5.41, 5.74) is 24.0. The molecule has 0 aliphatic rings. The third-order valence-electron chi connectivity index (χ3n) is 7.32. The van der Waals surface area contributed by atoms with Crippen LogP contribution in [0.15, 0.2) is 145 Å². The molecule has 0 amide bonds. The Morgan fingerprint density at radius 3 is 1.49 bits per heavy atom. The van der Waals surface area contributed by atoms with Crippen molar-refractivity contribution < 1.29 is 37.8 Å². The van der Waals surface area contributed by atoms with Crippen molar-refractivity contribution in [2.24, 2.45) is 10.9 Å². The molecule has 0 aliphatic heterocycles. The van der Waals surface area contributed by atoms with Crippen LogP contribution >= 0.6 is 0 Å². The highest BCUT2D eigenvalue weighted by Crippen LogP contribution is 2.18. The molecule has 0 atom stereocenters. The summed E-state index contributed by atoms with van der Waals surface area (Å²) in [6.45, 7) is 0. The number of nitrogen functional groups attached to an aromatic ring is 2. The molecule has 0 radical (unpaired) electrons. The molecule has 21 heteroatoms. The van der Waals surface area contributed by atoms with Crippen LogP contribution in [0.3, 0.4) is 0 Å². The molecule has 0 bridgehead atoms. The van der Waals surface area contributed by atoms with Crippen molar-refractivity contribution in [3.05, 3.63) is 159 Å². The smallest absolute Gasteiger partial charge is 0.439 e. The highest BCUT2D eigenvalue weighted by molar-refractivity contribution is 5.97. The van der Waals surface area contributed by atoms with Gasteiger partial charge in [0.25, 0.3) is 0 Å². The number of aromatic nitrogens is 4. The number of nitrogens with zero attached hydrogens (tertiary/aromatic N) is 5. The van der Waals surface area contributed by atoms with E-state index in [-0.39, 0.29) is 18.2 Å². The van der Waals surface area contributed by atoms with E-state index in [0.717, 1.165) is 28.2 Å². The van der Waals surface area contributed by atoms with Gasteiger partial charge in [-0.25, -0.2) is 20.7 Å². The first kappa shape index (κ1) is 50.5. The van der Waals surface area contributed by atoms with Crippen LogP contribution in [0.1, 0.15) is 16.7 Å². The standard InChI is InChI=1S/C9H9N3O2.C8H7N3O2.C8H11N3O.C8H8N2.C7H6N2.ClH.H4NO/c1-10-7-4-2-3-6(5-7)8-11-9(13)14-12-8;9-6-3-1-2-5(4-6)7-10-8(12)13-11-7;1-10-7-4-2-3-6(5-7)8(9)11-12;1-10-8-4-2-3-7(5-8)6-9;8-5-6-2-1-3-7(9)4-6;;1-2/h2-5,10H,1H3,(H,11,12,13);1-4H,9H2,(H,10,11,12);2-5,10,12H,1H3,(H2,9,11);2-5,10H,1H3;1-4H,9H2;1H;2H,1H3/q;;;;;;+1/p-1. The van der Waals surface area contributed by atoms with Gasteiger partial charge in [0.15, 0.2) is 17.5 Å². The summed E-state index contributed by atoms with van der Waals surface area (Å²) in [5, 5.41) is 50.9. The number of rotatable bonds is 6. The van der Waals surface area contributed by atoms with Crippen LogP contribution in [-0.2, 0) is 0 Å². The first-order valence-corrected chi connectivity index (χ1v) is 17.3. The van der Waals surface area contributed by atoms with Crippen molar-refractivity contribution >= 4 is 34.3 Å². The van der Waals surface area contributed by atoms with Crippen molar-refractivity contribution in [2.45, 2.75) is 0 Å². The summed E-state index contributed by atoms with van der Waals surface area (Å²) in [6.07, 6.45) is 0. The fourth-order valence-corrected chi connectivity index (χ4v) is 4.46. The molecule has 2 heterocycles. The van der Waals surface area contributed by atoms with Gasteiger partial charge in [-0.05, 0) is 72.8 Å². The van der Waals surface area contributed by atoms with Crippen molar-refractivity contribution in [3.8, 4) is 34.9 Å². The van der Waals surface area contributed by atoms with Gasteiger partial charge < -0.3 is 50.8 Å². The molecule has 0 saturated heterocycles. The largest absolute Gasteiger partial charge is 1.00 e. The van der Waals surface area contributed by atoms with Gasteiger partial charge in [-0.3, -0.25) is 19.0 Å². The summed E-state index contributed by atoms with van der Waals surface area (Å²) >= 11 is 0. The number of benzene rings is 5. The van der Waals surface area contributed by atoms with Crippen LogP contribution in [0.5, 0.6) is 0 Å². The summed E-state index contributed by atoms with van der Waals surface area (Å²) in [6, 6.07) is 40.1. The molecule has 0 saturated carbocycles. The quantitative estimate of drug-likeness (QED) is 0.0363. The lowest BCUT2D eigenvalue weighted by Crippen LogP contribution is -3.00. The second-order valence-electron chi connectivity index (χ2n) is 11.3. The average molecular weight is 853 g/mol. The van der Waals surface area contributed by atoms with Gasteiger partial charge in [0, 0.05) is 66.3 Å². The molecule has 7 aromatic rings. The summed E-state index contributed by atoms with van der Waals surface area (Å²) in [4.78, 5) is 26.3. The van der Waals surface area contributed by atoms with E-state index >= 15 is 0 Å². The lowest BCUT2D eigenvalue weighted by molar-refractivity contribution is -0.670. The van der Waals surface area contributed by atoms with E-state index < -0.39 is 11.5 Å². The summed E-state index contributed by atoms with van der Waals surface area (Å²) in [7, 11) is 5.46. The summed E-state index contributed by atoms with van der Waals surface area (Å²) in [5.74, 6) is 2.07. The Bertz CT molecular complexity index is 2590. The van der Waals surface area contributed by atoms with Gasteiger partial charge in [0.1, 0.15) is 0 Å². The number of H-pyrrole nitrogens is 2. The van der Waals surface area contributed by atoms with E-state index in [2.05, 4.69) is 62.4 Å². The number of nitrogens with two attached hydrogens (primary N) is 3. The SMILES string of the molecule is CNc1cccc(-c2noc(=O)[nH]2)c1.CNc1cccc(C#N)c1.CNc1cccc(C(N)=NO)c1.N#Cc1cccc(N)c1.Nc1cccc(-c2noc(=O)[nH]2)c1.[Cl-].[NH3+]O. The topological polar surface area (TPSA) is 360 Å². The van der Waals surface area contributed by atoms with Crippen LogP contribution in [-0.4, -0.2) is 57.7 Å². The molecule has 318 valence electrons. The zero-order valence-electron chi connectivity index (χ0n) is 33.1.